The van der Waals surface area contributed by atoms with Gasteiger partial charge in [0.25, 0.3) is 0 Å². The lowest BCUT2D eigenvalue weighted by molar-refractivity contribution is 1.25. The lowest BCUT2D eigenvalue weighted by Gasteiger charge is -2.12. The van der Waals surface area contributed by atoms with Crippen LogP contribution in [-0.4, -0.2) is 15.0 Å². The number of pyridine rings is 2. The highest BCUT2D eigenvalue weighted by Gasteiger charge is 2.16. The van der Waals surface area contributed by atoms with Gasteiger partial charge >= 0.3 is 0 Å². The predicted octanol–water partition coefficient (Wildman–Crippen LogP) is 9.97. The molecule has 0 aliphatic rings. The van der Waals surface area contributed by atoms with Crippen LogP contribution in [0.3, 0.4) is 0 Å². The third-order valence-corrected chi connectivity index (χ3v) is 7.88. The number of benzene rings is 5. The normalized spacial score (nSPS) is 11.4. The van der Waals surface area contributed by atoms with Gasteiger partial charge in [0.15, 0.2) is 5.69 Å². The Hall–Kier alpha value is -5.79. The first-order chi connectivity index (χ1) is 20.3. The molecule has 4 nitrogen and oxygen atoms in total. The SMILES string of the molecule is [C-]#[N+]c1ccc(-c2ccc3c(c2)c2cc(-c4cccc(-c5ccccn5)n4)ccc2c2[nH]c4ccccc4c32)cc1. The molecule has 0 bridgehead atoms. The zero-order chi connectivity index (χ0) is 27.3. The molecular formula is C37H22N4. The summed E-state index contributed by atoms with van der Waals surface area (Å²) in [6, 6.07) is 41.7. The van der Waals surface area contributed by atoms with Crippen molar-refractivity contribution in [1.82, 2.24) is 15.0 Å². The van der Waals surface area contributed by atoms with Crippen molar-refractivity contribution in [2.45, 2.75) is 0 Å². The lowest BCUT2D eigenvalue weighted by atomic mass is 9.92. The van der Waals surface area contributed by atoms with Gasteiger partial charge in [-0.25, -0.2) is 9.83 Å². The second kappa shape index (κ2) is 9.15. The van der Waals surface area contributed by atoms with Crippen LogP contribution in [0.25, 0.3) is 82.0 Å². The number of rotatable bonds is 3. The van der Waals surface area contributed by atoms with Crippen LogP contribution >= 0.6 is 0 Å². The number of fused-ring (bicyclic) bond motifs is 8. The molecule has 3 heterocycles. The summed E-state index contributed by atoms with van der Waals surface area (Å²) in [6.45, 7) is 7.31. The standard InChI is InChI=1S/C37H22N4/c1-38-26-16-12-23(13-17-26)24-14-18-27-30(21-24)31-22-25(32-10-6-11-35(40-32)34-9-4-5-20-39-34)15-19-28(31)37-36(27)29-7-2-3-8-33(29)41-37/h2-22,41H. The van der Waals surface area contributed by atoms with E-state index in [1.807, 2.05) is 54.6 Å². The average Bonchev–Trinajstić information content (AvgIpc) is 3.45. The fourth-order valence-electron chi connectivity index (χ4n) is 5.91. The molecule has 0 saturated heterocycles. The Morgan fingerprint density at radius 1 is 0.537 bits per heavy atom. The minimum Gasteiger partial charge on any atom is -0.354 e. The van der Waals surface area contributed by atoms with Crippen LogP contribution in [0, 0.1) is 6.57 Å². The molecule has 3 aromatic heterocycles. The van der Waals surface area contributed by atoms with Crippen LogP contribution in [0.15, 0.2) is 128 Å². The monoisotopic (exact) mass is 522 g/mol. The van der Waals surface area contributed by atoms with Crippen molar-refractivity contribution in [1.29, 1.82) is 0 Å². The van der Waals surface area contributed by atoms with Gasteiger partial charge in [0, 0.05) is 33.4 Å². The molecule has 8 rings (SSSR count). The van der Waals surface area contributed by atoms with Crippen molar-refractivity contribution in [2.75, 3.05) is 0 Å². The molecule has 0 spiro atoms. The first kappa shape index (κ1) is 23.1. The maximum Gasteiger partial charge on any atom is 0.187 e. The summed E-state index contributed by atoms with van der Waals surface area (Å²) in [5.41, 5.74) is 8.80. The van der Waals surface area contributed by atoms with E-state index >= 15 is 0 Å². The summed E-state index contributed by atoms with van der Waals surface area (Å²) in [4.78, 5) is 16.7. The van der Waals surface area contributed by atoms with Crippen LogP contribution in [0.5, 0.6) is 0 Å². The summed E-state index contributed by atoms with van der Waals surface area (Å²) in [5.74, 6) is 0. The quantitative estimate of drug-likeness (QED) is 0.185. The Kier molecular flexibility index (Phi) is 5.16. The molecule has 0 aliphatic carbocycles. The van der Waals surface area contributed by atoms with E-state index < -0.39 is 0 Å². The Morgan fingerprint density at radius 3 is 2.10 bits per heavy atom. The molecule has 0 unspecified atom stereocenters. The van der Waals surface area contributed by atoms with Crippen LogP contribution < -0.4 is 0 Å². The van der Waals surface area contributed by atoms with Crippen molar-refractivity contribution in [3.05, 3.63) is 139 Å². The van der Waals surface area contributed by atoms with Gasteiger partial charge in [-0.3, -0.25) is 4.98 Å². The number of hydrogen-bond acceptors (Lipinski definition) is 2. The topological polar surface area (TPSA) is 45.9 Å². The number of hydrogen-bond donors (Lipinski definition) is 1. The summed E-state index contributed by atoms with van der Waals surface area (Å²) < 4.78 is 0. The Morgan fingerprint density at radius 2 is 1.24 bits per heavy atom. The first-order valence-corrected chi connectivity index (χ1v) is 13.5. The van der Waals surface area contributed by atoms with E-state index in [4.69, 9.17) is 11.6 Å². The maximum absolute atomic E-state index is 7.31. The molecule has 0 aliphatic heterocycles. The van der Waals surface area contributed by atoms with E-state index in [0.717, 1.165) is 44.8 Å². The molecule has 190 valence electrons. The first-order valence-electron chi connectivity index (χ1n) is 13.5. The number of H-pyrrole nitrogens is 1. The molecule has 0 atom stereocenters. The van der Waals surface area contributed by atoms with Crippen molar-refractivity contribution >= 4 is 49.0 Å². The Balaban J connectivity index is 1.41. The Labute approximate surface area is 236 Å². The van der Waals surface area contributed by atoms with Gasteiger partial charge in [-0.1, -0.05) is 78.9 Å². The highest BCUT2D eigenvalue weighted by molar-refractivity contribution is 6.31. The number of aromatic nitrogens is 3. The van der Waals surface area contributed by atoms with E-state index in [-0.39, 0.29) is 0 Å². The molecule has 5 aromatic carbocycles. The van der Waals surface area contributed by atoms with Crippen LogP contribution in [0.1, 0.15) is 0 Å². The maximum atomic E-state index is 7.31. The van der Waals surface area contributed by atoms with Crippen molar-refractivity contribution in [3.63, 3.8) is 0 Å². The number of nitrogens with one attached hydrogen (secondary N) is 1. The molecule has 0 fully saturated rings. The van der Waals surface area contributed by atoms with Crippen molar-refractivity contribution in [2.24, 2.45) is 0 Å². The largest absolute Gasteiger partial charge is 0.354 e. The minimum absolute atomic E-state index is 0.644. The van der Waals surface area contributed by atoms with Crippen LogP contribution in [0.4, 0.5) is 5.69 Å². The zero-order valence-corrected chi connectivity index (χ0v) is 22.0. The van der Waals surface area contributed by atoms with E-state index in [2.05, 4.69) is 81.5 Å². The van der Waals surface area contributed by atoms with E-state index in [0.29, 0.717) is 5.69 Å². The summed E-state index contributed by atoms with van der Waals surface area (Å²) in [6.07, 6.45) is 1.80. The molecule has 41 heavy (non-hydrogen) atoms. The van der Waals surface area contributed by atoms with Gasteiger partial charge < -0.3 is 4.98 Å². The van der Waals surface area contributed by atoms with Gasteiger partial charge in [0.05, 0.1) is 29.2 Å². The van der Waals surface area contributed by atoms with Gasteiger partial charge in [-0.15, -0.1) is 0 Å². The molecule has 0 saturated carbocycles. The second-order valence-corrected chi connectivity index (χ2v) is 10.2. The third kappa shape index (κ3) is 3.76. The third-order valence-electron chi connectivity index (χ3n) is 7.88. The van der Waals surface area contributed by atoms with E-state index in [9.17, 15) is 0 Å². The summed E-state index contributed by atoms with van der Waals surface area (Å²) in [7, 11) is 0. The minimum atomic E-state index is 0.644. The summed E-state index contributed by atoms with van der Waals surface area (Å²) >= 11 is 0. The molecule has 0 amide bonds. The number of nitrogens with zero attached hydrogens (tertiary/aromatic N) is 3. The van der Waals surface area contributed by atoms with Crippen LogP contribution in [-0.2, 0) is 0 Å². The van der Waals surface area contributed by atoms with E-state index in [1.165, 1.54) is 32.3 Å². The second-order valence-electron chi connectivity index (χ2n) is 10.2. The van der Waals surface area contributed by atoms with Crippen LogP contribution in [0.2, 0.25) is 0 Å². The smallest absolute Gasteiger partial charge is 0.187 e. The fourth-order valence-corrected chi connectivity index (χ4v) is 5.91. The van der Waals surface area contributed by atoms with Gasteiger partial charge in [-0.05, 0) is 69.8 Å². The van der Waals surface area contributed by atoms with Crippen molar-refractivity contribution in [3.8, 4) is 33.8 Å². The van der Waals surface area contributed by atoms with Gasteiger partial charge in [0.2, 0.25) is 0 Å². The Bertz CT molecular complexity index is 2310. The number of aromatic amines is 1. The summed E-state index contributed by atoms with van der Waals surface area (Å²) in [5, 5.41) is 7.19. The average molecular weight is 523 g/mol. The predicted molar refractivity (Wildman–Crippen MR) is 169 cm³/mol. The molecule has 0 radical (unpaired) electrons. The lowest BCUT2D eigenvalue weighted by Crippen LogP contribution is -1.90. The van der Waals surface area contributed by atoms with E-state index in [1.54, 1.807) is 6.20 Å². The molecule has 4 heteroatoms. The fraction of sp³-hybridized carbons (Fsp3) is 0. The molecular weight excluding hydrogens is 500 g/mol. The highest BCUT2D eigenvalue weighted by atomic mass is 14.8. The molecule has 8 aromatic rings. The zero-order valence-electron chi connectivity index (χ0n) is 22.0. The molecule has 1 N–H and O–H groups in total. The highest BCUT2D eigenvalue weighted by Crippen LogP contribution is 2.41. The number of para-hydroxylation sites is 1. The van der Waals surface area contributed by atoms with Crippen molar-refractivity contribution < 1.29 is 0 Å². The van der Waals surface area contributed by atoms with Gasteiger partial charge in [0.1, 0.15) is 0 Å². The van der Waals surface area contributed by atoms with Gasteiger partial charge in [-0.2, -0.15) is 0 Å².